The summed E-state index contributed by atoms with van der Waals surface area (Å²) in [5.41, 5.74) is -3.32. The second-order valence-corrected chi connectivity index (χ2v) is 10.1. The Labute approximate surface area is 237 Å². The van der Waals surface area contributed by atoms with E-state index in [0.717, 1.165) is 12.8 Å². The van der Waals surface area contributed by atoms with Crippen LogP contribution in [-0.4, -0.2) is 38.9 Å². The lowest BCUT2D eigenvalue weighted by atomic mass is 9.96. The van der Waals surface area contributed by atoms with Crippen molar-refractivity contribution in [3.63, 3.8) is 0 Å². The summed E-state index contributed by atoms with van der Waals surface area (Å²) < 4.78 is 55.6. The highest BCUT2D eigenvalue weighted by Gasteiger charge is 2.61. The van der Waals surface area contributed by atoms with Gasteiger partial charge in [-0.05, 0) is 53.6 Å². The summed E-state index contributed by atoms with van der Waals surface area (Å²) in [7, 11) is 0. The van der Waals surface area contributed by atoms with Crippen molar-refractivity contribution in [1.82, 2.24) is 15.2 Å². The Kier molecular flexibility index (Phi) is 9.04. The highest BCUT2D eigenvalue weighted by molar-refractivity contribution is 9.10. The van der Waals surface area contributed by atoms with Crippen LogP contribution in [0.1, 0.15) is 43.6 Å². The Morgan fingerprint density at radius 2 is 1.98 bits per heavy atom. The van der Waals surface area contributed by atoms with E-state index in [0.29, 0.717) is 28.8 Å². The van der Waals surface area contributed by atoms with E-state index >= 15 is 0 Å². The third kappa shape index (κ3) is 5.94. The number of allylic oxidation sites excluding steroid dienone is 1. The fourth-order valence-electron chi connectivity index (χ4n) is 4.67. The van der Waals surface area contributed by atoms with E-state index in [-0.39, 0.29) is 18.2 Å². The topological polar surface area (TPSA) is 107 Å². The summed E-state index contributed by atoms with van der Waals surface area (Å²) >= 11 is 3.37. The summed E-state index contributed by atoms with van der Waals surface area (Å²) in [5.74, 6) is -1.01. The molecule has 0 spiro atoms. The van der Waals surface area contributed by atoms with Gasteiger partial charge in [-0.3, -0.25) is 10.1 Å². The molecule has 3 heterocycles. The highest BCUT2D eigenvalue weighted by Crippen LogP contribution is 2.47. The number of alkyl halides is 3. The van der Waals surface area contributed by atoms with Gasteiger partial charge in [-0.25, -0.2) is 4.98 Å². The first-order chi connectivity index (χ1) is 19.1. The van der Waals surface area contributed by atoms with Gasteiger partial charge >= 0.3 is 11.9 Å². The molecule has 13 heteroatoms. The molecule has 3 aromatic rings. The molecule has 0 radical (unpaired) electrons. The Hall–Kier alpha value is -3.58. The molecular weight excluding hydrogens is 595 g/mol. The average Bonchev–Trinajstić information content (AvgIpc) is 3.59. The van der Waals surface area contributed by atoms with Gasteiger partial charge in [0, 0.05) is 18.7 Å². The number of nitrogens with zero attached hydrogens (tertiary/aromatic N) is 5. The van der Waals surface area contributed by atoms with E-state index in [4.69, 9.17) is 9.15 Å². The number of halogens is 4. The van der Waals surface area contributed by atoms with Crippen molar-refractivity contribution in [3.05, 3.63) is 87.7 Å². The number of benzene rings is 1. The summed E-state index contributed by atoms with van der Waals surface area (Å²) in [6.07, 6.45) is -0.116. The fraction of sp³-hybridized carbons (Fsp3) is 0.370. The molecule has 2 atom stereocenters. The van der Waals surface area contributed by atoms with Crippen molar-refractivity contribution in [1.29, 1.82) is 0 Å². The predicted molar refractivity (Wildman–Crippen MR) is 145 cm³/mol. The maximum Gasteiger partial charge on any atom is 0.426 e. The van der Waals surface area contributed by atoms with Crippen molar-refractivity contribution in [2.75, 3.05) is 11.4 Å². The molecule has 1 fully saturated rings. The van der Waals surface area contributed by atoms with Gasteiger partial charge < -0.3 is 14.1 Å². The van der Waals surface area contributed by atoms with Crippen LogP contribution in [0.25, 0.3) is 11.6 Å². The van der Waals surface area contributed by atoms with Gasteiger partial charge in [0.15, 0.2) is 0 Å². The number of ether oxygens (including phenoxy) is 1. The molecule has 1 aliphatic heterocycles. The number of pyridine rings is 1. The quantitative estimate of drug-likeness (QED) is 0.118. The lowest BCUT2D eigenvalue weighted by Gasteiger charge is -2.32. The first-order valence-corrected chi connectivity index (χ1v) is 13.3. The summed E-state index contributed by atoms with van der Waals surface area (Å²) in [4.78, 5) is 17.7. The van der Waals surface area contributed by atoms with Crippen LogP contribution in [0, 0.1) is 10.1 Å². The molecule has 9 nitrogen and oxygen atoms in total. The van der Waals surface area contributed by atoms with Crippen molar-refractivity contribution in [2.45, 2.75) is 56.5 Å². The number of nitro groups is 1. The monoisotopic (exact) mass is 621 g/mol. The fourth-order valence-corrected chi connectivity index (χ4v) is 5.21. The van der Waals surface area contributed by atoms with Crippen molar-refractivity contribution >= 4 is 27.4 Å². The van der Waals surface area contributed by atoms with E-state index in [9.17, 15) is 23.3 Å². The first kappa shape index (κ1) is 29.4. The van der Waals surface area contributed by atoms with E-state index in [1.807, 2.05) is 4.90 Å². The maximum atomic E-state index is 14.7. The third-order valence-electron chi connectivity index (χ3n) is 6.68. The Morgan fingerprint density at radius 1 is 1.23 bits per heavy atom. The number of aromatic nitrogens is 3. The molecule has 1 unspecified atom stereocenters. The molecule has 2 aromatic heterocycles. The molecule has 4 rings (SSSR count). The minimum absolute atomic E-state index is 0.0667. The van der Waals surface area contributed by atoms with Gasteiger partial charge in [0.1, 0.15) is 5.82 Å². The van der Waals surface area contributed by atoms with Crippen molar-refractivity contribution in [3.8, 4) is 11.6 Å². The molecule has 1 aromatic carbocycles. The average molecular weight is 622 g/mol. The second-order valence-electron chi connectivity index (χ2n) is 9.27. The number of rotatable bonds is 12. The number of hydrogen-bond donors (Lipinski definition) is 0. The number of hydrogen-bond acceptors (Lipinski definition) is 8. The van der Waals surface area contributed by atoms with Crippen LogP contribution in [0.5, 0.6) is 0 Å². The van der Waals surface area contributed by atoms with E-state index < -0.39 is 47.2 Å². The molecular formula is C27H27BrF3N5O4. The molecule has 1 aliphatic rings. The van der Waals surface area contributed by atoms with Crippen LogP contribution in [0.3, 0.4) is 0 Å². The zero-order valence-corrected chi connectivity index (χ0v) is 23.0. The SMILES string of the molecule is C=CCCC(OCc1ccccc1)(c1nnc(-c2nc(N3CCC[C@H]3CC=C)c(Br)cc2[N+](=O)[O-])o1)C(F)(F)F. The minimum atomic E-state index is -4.97. The maximum absolute atomic E-state index is 14.7. The van der Waals surface area contributed by atoms with Gasteiger partial charge in [0.05, 0.1) is 16.0 Å². The Balaban J connectivity index is 1.80. The molecule has 0 amide bonds. The Bertz CT molecular complexity index is 1370. The normalized spacial score (nSPS) is 17.0. The third-order valence-corrected chi connectivity index (χ3v) is 7.27. The standard InChI is InChI=1S/C27H27BrF3N5O4/c1-3-5-14-26(27(29,30)31,39-17-18-11-7-6-8-12-18)25-34-33-24(40-25)22-21(36(37)38)16-20(28)23(32-22)35-15-9-13-19(35)10-4-2/h3-4,6-8,11-12,16,19H,1-2,5,9-10,13-15,17H2/t19-,26?/m1/s1. The van der Waals surface area contributed by atoms with Crippen LogP contribution in [-0.2, 0) is 16.9 Å². The highest BCUT2D eigenvalue weighted by atomic mass is 79.9. The van der Waals surface area contributed by atoms with E-state index in [2.05, 4.69) is 44.3 Å². The zero-order chi connectivity index (χ0) is 28.9. The van der Waals surface area contributed by atoms with Gasteiger partial charge in [0.25, 0.3) is 11.8 Å². The van der Waals surface area contributed by atoms with Crippen LogP contribution in [0.2, 0.25) is 0 Å². The zero-order valence-electron chi connectivity index (χ0n) is 21.4. The van der Waals surface area contributed by atoms with Crippen LogP contribution < -0.4 is 4.90 Å². The summed E-state index contributed by atoms with van der Waals surface area (Å²) in [6, 6.07) is 9.65. The summed E-state index contributed by atoms with van der Waals surface area (Å²) in [5, 5.41) is 19.4. The molecule has 212 valence electrons. The number of anilines is 1. The van der Waals surface area contributed by atoms with Gasteiger partial charge in [-0.2, -0.15) is 13.2 Å². The van der Waals surface area contributed by atoms with Gasteiger partial charge in [-0.1, -0.05) is 42.5 Å². The molecule has 0 bridgehead atoms. The van der Waals surface area contributed by atoms with E-state index in [1.165, 1.54) is 12.1 Å². The lowest BCUT2D eigenvalue weighted by molar-refractivity contribution is -0.384. The molecule has 1 saturated heterocycles. The van der Waals surface area contributed by atoms with Gasteiger partial charge in [-0.15, -0.1) is 23.4 Å². The smallest absolute Gasteiger partial charge is 0.415 e. The lowest BCUT2D eigenvalue weighted by Crippen LogP contribution is -2.45. The second kappa shape index (κ2) is 12.3. The molecule has 0 aliphatic carbocycles. The van der Waals surface area contributed by atoms with Crippen LogP contribution in [0.15, 0.2) is 70.6 Å². The first-order valence-electron chi connectivity index (χ1n) is 12.5. The molecule has 0 saturated carbocycles. The predicted octanol–water partition coefficient (Wildman–Crippen LogP) is 7.29. The van der Waals surface area contributed by atoms with Crippen molar-refractivity contribution in [2.24, 2.45) is 0 Å². The van der Waals surface area contributed by atoms with E-state index in [1.54, 1.807) is 36.4 Å². The molecule has 40 heavy (non-hydrogen) atoms. The van der Waals surface area contributed by atoms with Crippen LogP contribution >= 0.6 is 15.9 Å². The molecule has 0 N–H and O–H groups in total. The Morgan fingerprint density at radius 3 is 2.62 bits per heavy atom. The largest absolute Gasteiger partial charge is 0.426 e. The van der Waals surface area contributed by atoms with Crippen LogP contribution in [0.4, 0.5) is 24.7 Å². The summed E-state index contributed by atoms with van der Waals surface area (Å²) in [6.45, 7) is 7.56. The van der Waals surface area contributed by atoms with Gasteiger partial charge in [0.2, 0.25) is 11.3 Å². The minimum Gasteiger partial charge on any atom is -0.415 e. The van der Waals surface area contributed by atoms with Crippen molar-refractivity contribution < 1.29 is 27.2 Å².